The molecular weight excluding hydrogens is 336 g/mol. The lowest BCUT2D eigenvalue weighted by Crippen LogP contribution is -2.57. The predicted octanol–water partition coefficient (Wildman–Crippen LogP) is 0.0497. The van der Waals surface area contributed by atoms with E-state index in [4.69, 9.17) is 16.6 Å². The minimum atomic E-state index is -1.02. The molecule has 1 rings (SSSR count). The number of carbonyl (C=O) groups is 2. The van der Waals surface area contributed by atoms with Crippen LogP contribution in [-0.4, -0.2) is 82.1 Å². The third-order valence-corrected chi connectivity index (χ3v) is 6.23. The van der Waals surface area contributed by atoms with Gasteiger partial charge >= 0.3 is 5.97 Å². The SMILES string of the molecule is CC(C)(C)N1CCN(C(=O)[C@@H](N)CSSC[C@H](N)C(=O)O)CC1. The largest absolute Gasteiger partial charge is 0.480 e. The number of carbonyl (C=O) groups excluding carboxylic acids is 1. The van der Waals surface area contributed by atoms with Crippen LogP contribution in [-0.2, 0) is 9.59 Å². The van der Waals surface area contributed by atoms with Crippen LogP contribution in [0.5, 0.6) is 0 Å². The maximum Gasteiger partial charge on any atom is 0.321 e. The predicted molar refractivity (Wildman–Crippen MR) is 96.4 cm³/mol. The average molecular weight is 365 g/mol. The zero-order valence-electron chi connectivity index (χ0n) is 14.0. The van der Waals surface area contributed by atoms with Gasteiger partial charge in [0.2, 0.25) is 5.91 Å². The number of hydrogen-bond donors (Lipinski definition) is 3. The maximum absolute atomic E-state index is 12.3. The number of nitrogens with two attached hydrogens (primary N) is 2. The molecule has 0 aromatic rings. The zero-order valence-corrected chi connectivity index (χ0v) is 15.7. The first-order valence-electron chi connectivity index (χ1n) is 7.65. The van der Waals surface area contributed by atoms with E-state index >= 15 is 0 Å². The van der Waals surface area contributed by atoms with Crippen molar-refractivity contribution in [3.05, 3.63) is 0 Å². The number of aliphatic carboxylic acids is 1. The number of nitrogens with zero attached hydrogens (tertiary/aromatic N) is 2. The van der Waals surface area contributed by atoms with Gasteiger partial charge < -0.3 is 21.5 Å². The summed E-state index contributed by atoms with van der Waals surface area (Å²) in [6, 6.07) is -1.44. The Kier molecular flexibility index (Phi) is 8.15. The molecule has 0 saturated carbocycles. The summed E-state index contributed by atoms with van der Waals surface area (Å²) >= 11 is 0. The van der Waals surface area contributed by atoms with Gasteiger partial charge in [0, 0.05) is 43.2 Å². The lowest BCUT2D eigenvalue weighted by atomic mass is 10.0. The first-order chi connectivity index (χ1) is 10.6. The fraction of sp³-hybridized carbons (Fsp3) is 0.857. The van der Waals surface area contributed by atoms with Gasteiger partial charge in [-0.2, -0.15) is 0 Å². The van der Waals surface area contributed by atoms with Crippen LogP contribution < -0.4 is 11.5 Å². The van der Waals surface area contributed by atoms with E-state index in [1.54, 1.807) is 0 Å². The molecule has 1 amide bonds. The second-order valence-corrected chi connectivity index (χ2v) is 9.16. The summed E-state index contributed by atoms with van der Waals surface area (Å²) in [4.78, 5) is 27.1. The third kappa shape index (κ3) is 6.88. The van der Waals surface area contributed by atoms with Crippen molar-refractivity contribution >= 4 is 33.5 Å². The molecule has 0 aromatic heterocycles. The Morgan fingerprint density at radius 3 is 1.96 bits per heavy atom. The van der Waals surface area contributed by atoms with Crippen LogP contribution in [0.1, 0.15) is 20.8 Å². The number of carboxylic acids is 1. The molecule has 7 nitrogen and oxygen atoms in total. The molecule has 0 aliphatic carbocycles. The van der Waals surface area contributed by atoms with Gasteiger partial charge in [-0.05, 0) is 20.8 Å². The Hall–Kier alpha value is -0.480. The van der Waals surface area contributed by atoms with E-state index in [0.29, 0.717) is 24.6 Å². The monoisotopic (exact) mass is 364 g/mol. The van der Waals surface area contributed by atoms with Crippen molar-refractivity contribution in [3.63, 3.8) is 0 Å². The van der Waals surface area contributed by atoms with Crippen LogP contribution in [0.3, 0.4) is 0 Å². The molecule has 0 aromatic carbocycles. The first-order valence-corrected chi connectivity index (χ1v) is 10.1. The Morgan fingerprint density at radius 1 is 1.04 bits per heavy atom. The van der Waals surface area contributed by atoms with Crippen molar-refractivity contribution in [1.29, 1.82) is 0 Å². The standard InChI is InChI=1S/C14H28N4O3S2/c1-14(2,3)18-6-4-17(5-7-18)12(19)10(15)8-22-23-9-11(16)13(20)21/h10-11H,4-9,15-16H2,1-3H3,(H,20,21)/t10-,11-/m0/s1. The van der Waals surface area contributed by atoms with Crippen LogP contribution >= 0.6 is 21.6 Å². The van der Waals surface area contributed by atoms with Crippen molar-refractivity contribution in [2.24, 2.45) is 11.5 Å². The lowest BCUT2D eigenvalue weighted by molar-refractivity contribution is -0.138. The number of piperazine rings is 1. The van der Waals surface area contributed by atoms with Gasteiger partial charge in [0.1, 0.15) is 6.04 Å². The minimum Gasteiger partial charge on any atom is -0.480 e. The Bertz CT molecular complexity index is 409. The van der Waals surface area contributed by atoms with E-state index in [1.165, 1.54) is 21.6 Å². The molecule has 2 atom stereocenters. The minimum absolute atomic E-state index is 0.0332. The summed E-state index contributed by atoms with van der Waals surface area (Å²) in [6.07, 6.45) is 0. The van der Waals surface area contributed by atoms with Crippen LogP contribution in [0.15, 0.2) is 0 Å². The van der Waals surface area contributed by atoms with Gasteiger partial charge in [-0.15, -0.1) is 0 Å². The number of hydrogen-bond acceptors (Lipinski definition) is 7. The highest BCUT2D eigenvalue weighted by molar-refractivity contribution is 8.76. The fourth-order valence-electron chi connectivity index (χ4n) is 2.22. The number of carboxylic acid groups (broad SMARTS) is 1. The summed E-state index contributed by atoms with van der Waals surface area (Å²) in [6.45, 7) is 9.63. The molecular formula is C14H28N4O3S2. The van der Waals surface area contributed by atoms with E-state index in [1.807, 2.05) is 4.90 Å². The molecule has 23 heavy (non-hydrogen) atoms. The van der Waals surface area contributed by atoms with Crippen LogP contribution in [0.4, 0.5) is 0 Å². The van der Waals surface area contributed by atoms with Crippen molar-refractivity contribution < 1.29 is 14.7 Å². The van der Waals surface area contributed by atoms with Crippen molar-refractivity contribution in [2.45, 2.75) is 38.4 Å². The Morgan fingerprint density at radius 2 is 1.52 bits per heavy atom. The van der Waals surface area contributed by atoms with Crippen LogP contribution in [0, 0.1) is 0 Å². The van der Waals surface area contributed by atoms with E-state index < -0.39 is 18.1 Å². The highest BCUT2D eigenvalue weighted by Crippen LogP contribution is 2.23. The van der Waals surface area contributed by atoms with E-state index in [9.17, 15) is 9.59 Å². The fourth-order valence-corrected chi connectivity index (χ4v) is 4.45. The summed E-state index contributed by atoms with van der Waals surface area (Å²) in [5.74, 6) is -0.301. The molecule has 0 unspecified atom stereocenters. The van der Waals surface area contributed by atoms with Crippen LogP contribution in [0.2, 0.25) is 0 Å². The molecule has 1 saturated heterocycles. The van der Waals surface area contributed by atoms with E-state index in [2.05, 4.69) is 25.7 Å². The van der Waals surface area contributed by atoms with Crippen molar-refractivity contribution in [2.75, 3.05) is 37.7 Å². The number of amides is 1. The number of rotatable bonds is 7. The van der Waals surface area contributed by atoms with Gasteiger partial charge in [0.25, 0.3) is 0 Å². The highest BCUT2D eigenvalue weighted by atomic mass is 33.1. The normalized spacial score (nSPS) is 19.4. The summed E-state index contributed by atoms with van der Waals surface area (Å²) < 4.78 is 0. The summed E-state index contributed by atoms with van der Waals surface area (Å²) in [7, 11) is 2.73. The summed E-state index contributed by atoms with van der Waals surface area (Å²) in [5.41, 5.74) is 11.5. The topological polar surface area (TPSA) is 113 Å². The Labute approximate surface area is 145 Å². The first kappa shape index (κ1) is 20.6. The van der Waals surface area contributed by atoms with Gasteiger partial charge in [-0.25, -0.2) is 0 Å². The quantitative estimate of drug-likeness (QED) is 0.429. The molecule has 0 spiro atoms. The van der Waals surface area contributed by atoms with Gasteiger partial charge in [-0.1, -0.05) is 21.6 Å². The highest BCUT2D eigenvalue weighted by Gasteiger charge is 2.29. The maximum atomic E-state index is 12.3. The van der Waals surface area contributed by atoms with Crippen molar-refractivity contribution in [1.82, 2.24) is 9.80 Å². The zero-order chi connectivity index (χ0) is 17.6. The second-order valence-electron chi connectivity index (χ2n) is 6.60. The smallest absolute Gasteiger partial charge is 0.321 e. The molecule has 1 aliphatic heterocycles. The molecule has 1 heterocycles. The van der Waals surface area contributed by atoms with Gasteiger partial charge in [0.05, 0.1) is 6.04 Å². The van der Waals surface area contributed by atoms with Crippen LogP contribution in [0.25, 0.3) is 0 Å². The second kappa shape index (κ2) is 9.12. The molecule has 9 heteroatoms. The average Bonchev–Trinajstić information content (AvgIpc) is 2.49. The van der Waals surface area contributed by atoms with Gasteiger partial charge in [-0.3, -0.25) is 14.5 Å². The van der Waals surface area contributed by atoms with Gasteiger partial charge in [0.15, 0.2) is 0 Å². The molecule has 1 aliphatic rings. The molecule has 1 fully saturated rings. The van der Waals surface area contributed by atoms with Crippen molar-refractivity contribution in [3.8, 4) is 0 Å². The molecule has 0 bridgehead atoms. The Balaban J connectivity index is 2.28. The molecule has 5 N–H and O–H groups in total. The lowest BCUT2D eigenvalue weighted by Gasteiger charge is -2.42. The van der Waals surface area contributed by atoms with E-state index in [-0.39, 0.29) is 11.4 Å². The van der Waals surface area contributed by atoms with E-state index in [0.717, 1.165) is 13.1 Å². The molecule has 0 radical (unpaired) electrons. The molecule has 134 valence electrons. The third-order valence-electron chi connectivity index (χ3n) is 3.75. The summed E-state index contributed by atoms with van der Waals surface area (Å²) in [5, 5.41) is 8.69.